The number of thiophene rings is 1. The first-order chi connectivity index (χ1) is 13.8. The molecule has 1 aliphatic carbocycles. The fourth-order valence-corrected chi connectivity index (χ4v) is 5.95. The molecule has 1 aliphatic heterocycles. The lowest BCUT2D eigenvalue weighted by atomic mass is 9.72. The molecule has 2 aliphatic rings. The zero-order valence-electron chi connectivity index (χ0n) is 18.0. The van der Waals surface area contributed by atoms with Crippen molar-refractivity contribution in [2.75, 3.05) is 26.2 Å². The van der Waals surface area contributed by atoms with Gasteiger partial charge >= 0.3 is 0 Å². The molecule has 1 saturated heterocycles. The number of hydrogen-bond acceptors (Lipinski definition) is 5. The van der Waals surface area contributed by atoms with Crippen LogP contribution in [-0.4, -0.2) is 51.9 Å². The number of hydrogen-bond donors (Lipinski definition) is 1. The van der Waals surface area contributed by atoms with Gasteiger partial charge in [0, 0.05) is 37.5 Å². The maximum absolute atomic E-state index is 12.9. The summed E-state index contributed by atoms with van der Waals surface area (Å²) in [6.07, 6.45) is 3.74. The Labute approximate surface area is 176 Å². The average Bonchev–Trinajstić information content (AvgIpc) is 3.05. The van der Waals surface area contributed by atoms with Crippen molar-refractivity contribution in [3.05, 3.63) is 26.6 Å². The van der Waals surface area contributed by atoms with Gasteiger partial charge in [-0.2, -0.15) is 0 Å². The molecule has 29 heavy (non-hydrogen) atoms. The van der Waals surface area contributed by atoms with Crippen LogP contribution in [-0.2, 0) is 24.2 Å². The Morgan fingerprint density at radius 3 is 2.62 bits per heavy atom. The smallest absolute Gasteiger partial charge is 0.259 e. The first-order valence-corrected chi connectivity index (χ1v) is 11.6. The first-order valence-electron chi connectivity index (χ1n) is 10.8. The molecule has 0 spiro atoms. The predicted octanol–water partition coefficient (Wildman–Crippen LogP) is 3.19. The van der Waals surface area contributed by atoms with Gasteiger partial charge in [-0.15, -0.1) is 11.3 Å². The second-order valence-corrected chi connectivity index (χ2v) is 10.6. The van der Waals surface area contributed by atoms with E-state index in [1.54, 1.807) is 11.3 Å². The van der Waals surface area contributed by atoms with Crippen molar-refractivity contribution in [3.8, 4) is 0 Å². The van der Waals surface area contributed by atoms with Crippen LogP contribution in [0.4, 0.5) is 0 Å². The number of nitrogens with one attached hydrogen (secondary N) is 1. The number of aromatic nitrogens is 2. The average molecular weight is 417 g/mol. The molecular weight excluding hydrogens is 384 g/mol. The van der Waals surface area contributed by atoms with Crippen molar-refractivity contribution in [1.82, 2.24) is 19.8 Å². The van der Waals surface area contributed by atoms with Crippen LogP contribution in [0.5, 0.6) is 0 Å². The molecule has 2 aromatic rings. The minimum Gasteiger partial charge on any atom is -0.340 e. The number of rotatable bonds is 3. The molecule has 7 heteroatoms. The van der Waals surface area contributed by atoms with Gasteiger partial charge in [-0.25, -0.2) is 4.98 Å². The quantitative estimate of drug-likeness (QED) is 0.834. The number of aromatic amines is 1. The van der Waals surface area contributed by atoms with Gasteiger partial charge in [0.1, 0.15) is 10.7 Å². The molecule has 1 atom stereocenters. The van der Waals surface area contributed by atoms with Crippen LogP contribution in [0.25, 0.3) is 10.2 Å². The molecule has 1 amide bonds. The predicted molar refractivity (Wildman–Crippen MR) is 117 cm³/mol. The van der Waals surface area contributed by atoms with Crippen molar-refractivity contribution in [1.29, 1.82) is 0 Å². The Bertz CT molecular complexity index is 964. The topological polar surface area (TPSA) is 69.3 Å². The minimum absolute atomic E-state index is 0.0107. The summed E-state index contributed by atoms with van der Waals surface area (Å²) >= 11 is 1.71. The second-order valence-electron chi connectivity index (χ2n) is 9.51. The first kappa shape index (κ1) is 20.5. The highest BCUT2D eigenvalue weighted by atomic mass is 32.1. The zero-order chi connectivity index (χ0) is 20.8. The third-order valence-electron chi connectivity index (χ3n) is 6.59. The minimum atomic E-state index is 0.0107. The summed E-state index contributed by atoms with van der Waals surface area (Å²) in [7, 11) is 0. The van der Waals surface area contributed by atoms with E-state index < -0.39 is 0 Å². The number of H-pyrrole nitrogens is 1. The molecule has 158 valence electrons. The van der Waals surface area contributed by atoms with E-state index in [0.29, 0.717) is 24.3 Å². The number of amides is 1. The molecule has 2 aromatic heterocycles. The summed E-state index contributed by atoms with van der Waals surface area (Å²) in [5.41, 5.74) is 1.54. The normalized spacial score (nSPS) is 20.8. The third kappa shape index (κ3) is 4.12. The molecular formula is C22H32N4O2S. The fraction of sp³-hybridized carbons (Fsp3) is 0.682. The van der Waals surface area contributed by atoms with Gasteiger partial charge in [0.2, 0.25) is 5.91 Å². The maximum Gasteiger partial charge on any atom is 0.259 e. The number of aryl methyl sites for hydroxylation is 1. The highest BCUT2D eigenvalue weighted by molar-refractivity contribution is 7.18. The highest BCUT2D eigenvalue weighted by Gasteiger charge is 2.31. The highest BCUT2D eigenvalue weighted by Crippen LogP contribution is 2.41. The van der Waals surface area contributed by atoms with E-state index in [1.165, 1.54) is 10.4 Å². The zero-order valence-corrected chi connectivity index (χ0v) is 18.8. The molecule has 1 N–H and O–H groups in total. The lowest BCUT2D eigenvalue weighted by Crippen LogP contribution is -2.48. The van der Waals surface area contributed by atoms with Gasteiger partial charge in [-0.05, 0) is 36.2 Å². The van der Waals surface area contributed by atoms with Crippen molar-refractivity contribution in [2.45, 2.75) is 59.9 Å². The SMILES string of the molecule is CCC(=O)N1CCN(Cc2nc3sc4c(c3c(=O)[nH]2)CC[C@@H](C(C)(C)C)C4)CC1. The van der Waals surface area contributed by atoms with Crippen molar-refractivity contribution < 1.29 is 4.79 Å². The molecule has 0 saturated carbocycles. The van der Waals surface area contributed by atoms with E-state index in [0.717, 1.165) is 61.5 Å². The third-order valence-corrected chi connectivity index (χ3v) is 7.74. The summed E-state index contributed by atoms with van der Waals surface area (Å²) < 4.78 is 0. The van der Waals surface area contributed by atoms with Gasteiger partial charge in [0.25, 0.3) is 5.56 Å². The van der Waals surface area contributed by atoms with Crippen molar-refractivity contribution in [3.63, 3.8) is 0 Å². The van der Waals surface area contributed by atoms with Gasteiger partial charge < -0.3 is 9.88 Å². The standard InChI is InChI=1S/C22H32N4O2S/c1-5-18(27)26-10-8-25(9-11-26)13-17-23-20(28)19-15-7-6-14(22(2,3)4)12-16(15)29-21(19)24-17/h14H,5-13H2,1-4H3,(H,23,24,28)/t14-/m1/s1. The summed E-state index contributed by atoms with van der Waals surface area (Å²) in [5.74, 6) is 1.61. The van der Waals surface area contributed by atoms with Crippen molar-refractivity contribution in [2.24, 2.45) is 11.3 Å². The van der Waals surface area contributed by atoms with E-state index >= 15 is 0 Å². The fourth-order valence-electron chi connectivity index (χ4n) is 4.63. The van der Waals surface area contributed by atoms with Crippen LogP contribution in [0.15, 0.2) is 4.79 Å². The van der Waals surface area contributed by atoms with Crippen LogP contribution < -0.4 is 5.56 Å². The number of nitrogens with zero attached hydrogens (tertiary/aromatic N) is 3. The molecule has 0 radical (unpaired) electrons. The number of fused-ring (bicyclic) bond motifs is 3. The molecule has 0 aromatic carbocycles. The molecule has 0 bridgehead atoms. The van der Waals surface area contributed by atoms with Crippen LogP contribution in [0.3, 0.4) is 0 Å². The van der Waals surface area contributed by atoms with Crippen molar-refractivity contribution >= 4 is 27.5 Å². The summed E-state index contributed by atoms with van der Waals surface area (Å²) in [5, 5.41) is 0.819. The maximum atomic E-state index is 12.9. The van der Waals surface area contributed by atoms with Crippen LogP contribution in [0.1, 0.15) is 56.8 Å². The van der Waals surface area contributed by atoms with Gasteiger partial charge in [-0.3, -0.25) is 14.5 Å². The van der Waals surface area contributed by atoms with E-state index in [4.69, 9.17) is 4.98 Å². The summed E-state index contributed by atoms with van der Waals surface area (Å²) in [6.45, 7) is 12.6. The Morgan fingerprint density at radius 2 is 1.97 bits per heavy atom. The Hall–Kier alpha value is -1.73. The van der Waals surface area contributed by atoms with Gasteiger partial charge in [0.05, 0.1) is 11.9 Å². The van der Waals surface area contributed by atoms with E-state index in [2.05, 4.69) is 30.7 Å². The lowest BCUT2D eigenvalue weighted by Gasteiger charge is -2.34. The largest absolute Gasteiger partial charge is 0.340 e. The molecule has 0 unspecified atom stereocenters. The monoisotopic (exact) mass is 416 g/mol. The number of carbonyl (C=O) groups excluding carboxylic acids is 1. The number of carbonyl (C=O) groups is 1. The summed E-state index contributed by atoms with van der Waals surface area (Å²) in [6, 6.07) is 0. The lowest BCUT2D eigenvalue weighted by molar-refractivity contribution is -0.132. The molecule has 6 nitrogen and oxygen atoms in total. The van der Waals surface area contributed by atoms with Gasteiger partial charge in [-0.1, -0.05) is 27.7 Å². The van der Waals surface area contributed by atoms with Crippen LogP contribution in [0, 0.1) is 11.3 Å². The van der Waals surface area contributed by atoms with Crippen LogP contribution in [0.2, 0.25) is 0 Å². The summed E-state index contributed by atoms with van der Waals surface area (Å²) in [4.78, 5) is 39.0. The van der Waals surface area contributed by atoms with E-state index in [9.17, 15) is 9.59 Å². The molecule has 4 rings (SSSR count). The van der Waals surface area contributed by atoms with Gasteiger partial charge in [0.15, 0.2) is 0 Å². The molecule has 1 fully saturated rings. The van der Waals surface area contributed by atoms with E-state index in [-0.39, 0.29) is 11.5 Å². The molecule has 3 heterocycles. The second kappa shape index (κ2) is 7.84. The van der Waals surface area contributed by atoms with E-state index in [1.807, 2.05) is 11.8 Å². The number of piperazine rings is 1. The Morgan fingerprint density at radius 1 is 1.24 bits per heavy atom. The Kier molecular flexibility index (Phi) is 5.55. The van der Waals surface area contributed by atoms with Crippen LogP contribution >= 0.6 is 11.3 Å². The Balaban J connectivity index is 1.52.